The first kappa shape index (κ1) is 18.4. The Morgan fingerprint density at radius 1 is 0.857 bits per heavy atom. The van der Waals surface area contributed by atoms with Gasteiger partial charge in [0.05, 0.1) is 12.6 Å². The van der Waals surface area contributed by atoms with Crippen LogP contribution in [-0.4, -0.2) is 16.2 Å². The monoisotopic (exact) mass is 374 g/mol. The Hall–Kier alpha value is -2.95. The van der Waals surface area contributed by atoms with Crippen molar-refractivity contribution in [3.63, 3.8) is 0 Å². The first-order valence-electron chi connectivity index (χ1n) is 9.46. The van der Waals surface area contributed by atoms with Crippen molar-refractivity contribution in [3.05, 3.63) is 108 Å². The van der Waals surface area contributed by atoms with E-state index in [2.05, 4.69) is 28.2 Å². The molecule has 1 aromatic heterocycles. The Balaban J connectivity index is 1.51. The molecule has 142 valence electrons. The van der Waals surface area contributed by atoms with Crippen molar-refractivity contribution in [2.75, 3.05) is 6.54 Å². The third-order valence-electron chi connectivity index (χ3n) is 5.01. The quantitative estimate of drug-likeness (QED) is 0.494. The van der Waals surface area contributed by atoms with E-state index in [0.717, 1.165) is 22.0 Å². The molecule has 0 saturated carbocycles. The molecule has 28 heavy (non-hydrogen) atoms. The molecule has 0 aliphatic carbocycles. The van der Waals surface area contributed by atoms with Crippen LogP contribution in [0.1, 0.15) is 22.8 Å². The third-order valence-corrected chi connectivity index (χ3v) is 5.01. The van der Waals surface area contributed by atoms with Gasteiger partial charge in [-0.2, -0.15) is 0 Å². The van der Waals surface area contributed by atoms with Gasteiger partial charge in [0.1, 0.15) is 5.82 Å². The summed E-state index contributed by atoms with van der Waals surface area (Å²) in [5.41, 5.74) is 3.78. The lowest BCUT2D eigenvalue weighted by molar-refractivity contribution is 0.174. The highest BCUT2D eigenvalue weighted by Crippen LogP contribution is 2.23. The number of nitrogens with zero attached hydrogens (tertiary/aromatic N) is 1. The lowest BCUT2D eigenvalue weighted by Crippen LogP contribution is -2.20. The number of benzene rings is 3. The molecule has 3 nitrogen and oxygen atoms in total. The fourth-order valence-corrected chi connectivity index (χ4v) is 3.54. The van der Waals surface area contributed by atoms with Gasteiger partial charge in [0.2, 0.25) is 0 Å². The van der Waals surface area contributed by atoms with Gasteiger partial charge in [0.25, 0.3) is 0 Å². The van der Waals surface area contributed by atoms with Gasteiger partial charge < -0.3 is 15.0 Å². The highest BCUT2D eigenvalue weighted by atomic mass is 19.1. The van der Waals surface area contributed by atoms with Crippen molar-refractivity contribution in [3.8, 4) is 0 Å². The maximum absolute atomic E-state index is 14.1. The fraction of sp³-hybridized carbons (Fsp3) is 0.167. The summed E-state index contributed by atoms with van der Waals surface area (Å²) < 4.78 is 16.2. The average molecular weight is 374 g/mol. The number of para-hydroxylation sites is 1. The minimum Gasteiger partial charge on any atom is -0.387 e. The fourth-order valence-electron chi connectivity index (χ4n) is 3.54. The van der Waals surface area contributed by atoms with Gasteiger partial charge in [-0.15, -0.1) is 0 Å². The van der Waals surface area contributed by atoms with Gasteiger partial charge in [-0.25, -0.2) is 4.39 Å². The maximum atomic E-state index is 14.1. The Labute approximate surface area is 164 Å². The van der Waals surface area contributed by atoms with Crippen LogP contribution < -0.4 is 5.32 Å². The van der Waals surface area contributed by atoms with E-state index in [0.29, 0.717) is 25.2 Å². The molecule has 0 radical (unpaired) electrons. The summed E-state index contributed by atoms with van der Waals surface area (Å²) in [6.45, 7) is 1.59. The van der Waals surface area contributed by atoms with Crippen LogP contribution in [0.25, 0.3) is 10.9 Å². The molecular weight excluding hydrogens is 351 g/mol. The molecule has 0 spiro atoms. The number of rotatable bonds is 7. The van der Waals surface area contributed by atoms with Crippen molar-refractivity contribution in [2.24, 2.45) is 0 Å². The molecule has 1 heterocycles. The number of halogens is 1. The van der Waals surface area contributed by atoms with Crippen LogP contribution in [-0.2, 0) is 13.1 Å². The van der Waals surface area contributed by atoms with Crippen LogP contribution in [0.4, 0.5) is 4.39 Å². The van der Waals surface area contributed by atoms with Crippen molar-refractivity contribution >= 4 is 10.9 Å². The number of aliphatic hydroxyl groups excluding tert-OH is 1. The SMILES string of the molecule is O[C@@H](CNCc1cn(Cc2ccccc2F)c2ccccc12)c1ccccc1. The van der Waals surface area contributed by atoms with Crippen molar-refractivity contribution in [2.45, 2.75) is 19.2 Å². The Bertz CT molecular complexity index is 1060. The maximum Gasteiger partial charge on any atom is 0.128 e. The lowest BCUT2D eigenvalue weighted by atomic mass is 10.1. The molecule has 0 bridgehead atoms. The van der Waals surface area contributed by atoms with E-state index in [1.165, 1.54) is 6.07 Å². The zero-order valence-electron chi connectivity index (χ0n) is 15.6. The highest BCUT2D eigenvalue weighted by molar-refractivity contribution is 5.84. The summed E-state index contributed by atoms with van der Waals surface area (Å²) in [6, 6.07) is 24.7. The summed E-state index contributed by atoms with van der Waals surface area (Å²) in [4.78, 5) is 0. The molecule has 0 saturated heterocycles. The second-order valence-corrected chi connectivity index (χ2v) is 6.95. The van der Waals surface area contributed by atoms with Crippen LogP contribution in [0.15, 0.2) is 85.1 Å². The number of fused-ring (bicyclic) bond motifs is 1. The first-order chi connectivity index (χ1) is 13.7. The second-order valence-electron chi connectivity index (χ2n) is 6.95. The average Bonchev–Trinajstić information content (AvgIpc) is 3.08. The van der Waals surface area contributed by atoms with Gasteiger partial charge in [-0.3, -0.25) is 0 Å². The number of aromatic nitrogens is 1. The smallest absolute Gasteiger partial charge is 0.128 e. The molecule has 2 N–H and O–H groups in total. The molecule has 0 unspecified atom stereocenters. The third kappa shape index (κ3) is 3.98. The molecule has 1 atom stereocenters. The highest BCUT2D eigenvalue weighted by Gasteiger charge is 2.11. The van der Waals surface area contributed by atoms with Crippen LogP contribution in [0.3, 0.4) is 0 Å². The molecule has 4 heteroatoms. The van der Waals surface area contributed by atoms with Gasteiger partial charge in [-0.1, -0.05) is 66.7 Å². The molecular formula is C24H23FN2O. The zero-order valence-corrected chi connectivity index (χ0v) is 15.6. The second kappa shape index (κ2) is 8.38. The predicted molar refractivity (Wildman–Crippen MR) is 111 cm³/mol. The molecule has 0 aliphatic rings. The lowest BCUT2D eigenvalue weighted by Gasteiger charge is -2.11. The van der Waals surface area contributed by atoms with Gasteiger partial charge in [0, 0.05) is 35.8 Å². The summed E-state index contributed by atoms with van der Waals surface area (Å²) in [6.07, 6.45) is 1.52. The van der Waals surface area contributed by atoms with E-state index >= 15 is 0 Å². The first-order valence-corrected chi connectivity index (χ1v) is 9.46. The molecule has 4 rings (SSSR count). The van der Waals surface area contributed by atoms with Crippen LogP contribution >= 0.6 is 0 Å². The summed E-state index contributed by atoms with van der Waals surface area (Å²) in [5, 5.41) is 14.8. The Morgan fingerprint density at radius 2 is 1.57 bits per heavy atom. The number of hydrogen-bond donors (Lipinski definition) is 2. The van der Waals surface area contributed by atoms with Crippen LogP contribution in [0.5, 0.6) is 0 Å². The standard InChI is InChI=1S/C24H23FN2O/c25-22-12-6-4-10-19(22)16-27-17-20(21-11-5-7-13-23(21)27)14-26-15-24(28)18-8-2-1-3-9-18/h1-13,17,24,26,28H,14-16H2/t24-/m0/s1. The minimum absolute atomic E-state index is 0.189. The normalized spacial score (nSPS) is 12.4. The molecule has 4 aromatic rings. The predicted octanol–water partition coefficient (Wildman–Crippen LogP) is 4.65. The Morgan fingerprint density at radius 3 is 2.39 bits per heavy atom. The molecule has 0 amide bonds. The summed E-state index contributed by atoms with van der Waals surface area (Å²) in [7, 11) is 0. The molecule has 3 aromatic carbocycles. The number of aliphatic hydroxyl groups is 1. The molecule has 0 fully saturated rings. The summed E-state index contributed by atoms with van der Waals surface area (Å²) >= 11 is 0. The zero-order chi connectivity index (χ0) is 19.3. The topological polar surface area (TPSA) is 37.2 Å². The van der Waals surface area contributed by atoms with E-state index < -0.39 is 6.10 Å². The molecule has 0 aliphatic heterocycles. The van der Waals surface area contributed by atoms with Gasteiger partial charge in [0.15, 0.2) is 0 Å². The summed E-state index contributed by atoms with van der Waals surface area (Å²) in [5.74, 6) is -0.189. The van der Waals surface area contributed by atoms with Crippen LogP contribution in [0, 0.1) is 5.82 Å². The van der Waals surface area contributed by atoms with Crippen LogP contribution in [0.2, 0.25) is 0 Å². The van der Waals surface area contributed by atoms with Gasteiger partial charge in [-0.05, 0) is 23.3 Å². The van der Waals surface area contributed by atoms with E-state index in [4.69, 9.17) is 0 Å². The van der Waals surface area contributed by atoms with Crippen molar-refractivity contribution in [1.29, 1.82) is 0 Å². The number of hydrogen-bond acceptors (Lipinski definition) is 2. The largest absolute Gasteiger partial charge is 0.387 e. The van der Waals surface area contributed by atoms with E-state index in [1.807, 2.05) is 54.6 Å². The van der Waals surface area contributed by atoms with E-state index in [1.54, 1.807) is 6.07 Å². The van der Waals surface area contributed by atoms with E-state index in [9.17, 15) is 9.50 Å². The van der Waals surface area contributed by atoms with Crippen molar-refractivity contribution in [1.82, 2.24) is 9.88 Å². The number of nitrogens with one attached hydrogen (secondary N) is 1. The Kier molecular flexibility index (Phi) is 5.51. The van der Waals surface area contributed by atoms with E-state index in [-0.39, 0.29) is 5.82 Å². The van der Waals surface area contributed by atoms with Crippen molar-refractivity contribution < 1.29 is 9.50 Å². The minimum atomic E-state index is -0.548. The van der Waals surface area contributed by atoms with Gasteiger partial charge >= 0.3 is 0 Å².